The fraction of sp³-hybridized carbons (Fsp3) is 0.455. The molecule has 9 heteroatoms. The Morgan fingerprint density at radius 1 is 1.10 bits per heavy atom. The summed E-state index contributed by atoms with van der Waals surface area (Å²) in [5, 5.41) is 20.2. The Bertz CT molecular complexity index is 923. The molecular weight excluding hydrogens is 420 g/mol. The van der Waals surface area contributed by atoms with E-state index < -0.39 is 34.4 Å². The van der Waals surface area contributed by atoms with Crippen molar-refractivity contribution in [2.75, 3.05) is 33.9 Å². The number of likely N-dealkylation sites (N-methyl/N-ethyl adjacent to an activating group) is 1. The first-order valence-electron chi connectivity index (χ1n) is 10.2. The molecule has 4 atom stereocenters. The van der Waals surface area contributed by atoms with Gasteiger partial charge in [0.05, 0.1) is 30.8 Å². The van der Waals surface area contributed by atoms with Gasteiger partial charge in [-0.2, -0.15) is 0 Å². The topological polar surface area (TPSA) is 108 Å². The summed E-state index contributed by atoms with van der Waals surface area (Å²) in [7, 11) is -0.391. The van der Waals surface area contributed by atoms with Crippen molar-refractivity contribution in [3.63, 3.8) is 0 Å². The second-order valence-electron chi connectivity index (χ2n) is 7.62. The molecule has 0 spiro atoms. The number of sulfonamides is 1. The fourth-order valence-electron chi connectivity index (χ4n) is 3.82. The standard InChI is InChI=1S/C22H30N2O6S/c1-24(13-12-16-6-4-3-5-7-16)21-19(30-20(15-25)22(21)26)14-23-31(27,28)18-10-8-17(29-2)9-11-18/h3-11,19-23,25-26H,12-15H2,1-2H3/t19-,20+,21-,22-/m1/s1. The minimum absolute atomic E-state index is 0.0255. The molecule has 0 aliphatic carbocycles. The number of hydrogen-bond acceptors (Lipinski definition) is 7. The second-order valence-corrected chi connectivity index (χ2v) is 9.39. The van der Waals surface area contributed by atoms with E-state index in [2.05, 4.69) is 4.72 Å². The molecule has 31 heavy (non-hydrogen) atoms. The number of nitrogens with zero attached hydrogens (tertiary/aromatic N) is 1. The lowest BCUT2D eigenvalue weighted by molar-refractivity contribution is -0.0201. The summed E-state index contributed by atoms with van der Waals surface area (Å²) in [5.74, 6) is 0.562. The largest absolute Gasteiger partial charge is 0.497 e. The van der Waals surface area contributed by atoms with E-state index in [-0.39, 0.29) is 18.0 Å². The average molecular weight is 451 g/mol. The molecule has 1 aliphatic heterocycles. The quantitative estimate of drug-likeness (QED) is 0.487. The highest BCUT2D eigenvalue weighted by atomic mass is 32.2. The summed E-state index contributed by atoms with van der Waals surface area (Å²) >= 11 is 0. The third kappa shape index (κ3) is 5.82. The van der Waals surface area contributed by atoms with Crippen molar-refractivity contribution in [3.8, 4) is 5.75 Å². The third-order valence-electron chi connectivity index (χ3n) is 5.59. The maximum atomic E-state index is 12.7. The minimum atomic E-state index is -3.77. The van der Waals surface area contributed by atoms with Crippen molar-refractivity contribution in [1.29, 1.82) is 0 Å². The van der Waals surface area contributed by atoms with Gasteiger partial charge in [0.15, 0.2) is 0 Å². The van der Waals surface area contributed by atoms with Gasteiger partial charge in [-0.15, -0.1) is 0 Å². The Kier molecular flexibility index (Phi) is 8.04. The van der Waals surface area contributed by atoms with Crippen molar-refractivity contribution in [2.45, 2.75) is 35.7 Å². The lowest BCUT2D eigenvalue weighted by Gasteiger charge is -2.30. The number of ether oxygens (including phenoxy) is 2. The molecule has 1 heterocycles. The number of methoxy groups -OCH3 is 1. The van der Waals surface area contributed by atoms with E-state index in [0.29, 0.717) is 12.3 Å². The number of benzene rings is 2. The molecule has 3 N–H and O–H groups in total. The zero-order valence-corrected chi connectivity index (χ0v) is 18.5. The van der Waals surface area contributed by atoms with Crippen LogP contribution >= 0.6 is 0 Å². The van der Waals surface area contributed by atoms with E-state index in [1.54, 1.807) is 12.1 Å². The molecule has 2 aromatic rings. The van der Waals surface area contributed by atoms with Crippen molar-refractivity contribution in [2.24, 2.45) is 0 Å². The van der Waals surface area contributed by atoms with E-state index in [9.17, 15) is 18.6 Å². The molecular formula is C22H30N2O6S. The van der Waals surface area contributed by atoms with Gasteiger partial charge in [0.1, 0.15) is 18.0 Å². The van der Waals surface area contributed by atoms with Crippen molar-refractivity contribution >= 4 is 10.0 Å². The molecule has 1 fully saturated rings. The monoisotopic (exact) mass is 450 g/mol. The lowest BCUT2D eigenvalue weighted by Crippen LogP contribution is -2.50. The first-order valence-corrected chi connectivity index (χ1v) is 11.7. The van der Waals surface area contributed by atoms with Crippen LogP contribution in [0.1, 0.15) is 5.56 Å². The van der Waals surface area contributed by atoms with Gasteiger partial charge in [0.2, 0.25) is 10.0 Å². The van der Waals surface area contributed by atoms with Crippen LogP contribution in [0.2, 0.25) is 0 Å². The van der Waals surface area contributed by atoms with Gasteiger partial charge < -0.3 is 19.7 Å². The van der Waals surface area contributed by atoms with Gasteiger partial charge in [0, 0.05) is 13.1 Å². The number of rotatable bonds is 10. The number of aliphatic hydroxyl groups is 2. The van der Waals surface area contributed by atoms with E-state index in [1.807, 2.05) is 42.3 Å². The summed E-state index contributed by atoms with van der Waals surface area (Å²) in [4.78, 5) is 2.07. The summed E-state index contributed by atoms with van der Waals surface area (Å²) < 4.78 is 38.8. The second kappa shape index (κ2) is 10.5. The van der Waals surface area contributed by atoms with Crippen LogP contribution in [0.3, 0.4) is 0 Å². The molecule has 170 valence electrons. The molecule has 0 bridgehead atoms. The predicted molar refractivity (Wildman–Crippen MR) is 117 cm³/mol. The zero-order chi connectivity index (χ0) is 22.4. The minimum Gasteiger partial charge on any atom is -0.497 e. The van der Waals surface area contributed by atoms with Crippen LogP contribution in [0.15, 0.2) is 59.5 Å². The van der Waals surface area contributed by atoms with E-state index in [4.69, 9.17) is 9.47 Å². The lowest BCUT2D eigenvalue weighted by atomic mass is 10.0. The summed E-state index contributed by atoms with van der Waals surface area (Å²) in [6.07, 6.45) is -1.53. The Morgan fingerprint density at radius 3 is 2.39 bits per heavy atom. The highest BCUT2D eigenvalue weighted by Gasteiger charge is 2.45. The Labute approximate surface area is 183 Å². The Hall–Kier alpha value is -2.01. The van der Waals surface area contributed by atoms with Crippen LogP contribution in [0.4, 0.5) is 0 Å². The molecule has 0 amide bonds. The van der Waals surface area contributed by atoms with E-state index in [1.165, 1.54) is 24.8 Å². The van der Waals surface area contributed by atoms with Crippen molar-refractivity contribution in [3.05, 3.63) is 60.2 Å². The van der Waals surface area contributed by atoms with Crippen LogP contribution in [0, 0.1) is 0 Å². The summed E-state index contributed by atoms with van der Waals surface area (Å²) in [6.45, 7) is 0.281. The number of hydrogen-bond donors (Lipinski definition) is 3. The zero-order valence-electron chi connectivity index (χ0n) is 17.7. The van der Waals surface area contributed by atoms with Gasteiger partial charge in [0.25, 0.3) is 0 Å². The maximum Gasteiger partial charge on any atom is 0.240 e. The predicted octanol–water partition coefficient (Wildman–Crippen LogP) is 0.637. The van der Waals surface area contributed by atoms with Crippen LogP contribution in [0.25, 0.3) is 0 Å². The van der Waals surface area contributed by atoms with Gasteiger partial charge >= 0.3 is 0 Å². The van der Waals surface area contributed by atoms with Crippen LogP contribution in [0.5, 0.6) is 5.75 Å². The smallest absolute Gasteiger partial charge is 0.240 e. The van der Waals surface area contributed by atoms with E-state index in [0.717, 1.165) is 6.42 Å². The molecule has 3 rings (SSSR count). The van der Waals surface area contributed by atoms with Crippen LogP contribution in [-0.2, 0) is 21.2 Å². The van der Waals surface area contributed by atoms with Gasteiger partial charge in [-0.1, -0.05) is 30.3 Å². The van der Waals surface area contributed by atoms with Crippen molar-refractivity contribution < 1.29 is 28.1 Å². The normalized spacial score (nSPS) is 23.9. The van der Waals surface area contributed by atoms with Gasteiger partial charge in [-0.25, -0.2) is 13.1 Å². The Balaban J connectivity index is 1.66. The fourth-order valence-corrected chi connectivity index (χ4v) is 4.86. The molecule has 8 nitrogen and oxygen atoms in total. The molecule has 0 saturated carbocycles. The van der Waals surface area contributed by atoms with Crippen molar-refractivity contribution in [1.82, 2.24) is 9.62 Å². The molecule has 2 aromatic carbocycles. The van der Waals surface area contributed by atoms with Crippen LogP contribution < -0.4 is 9.46 Å². The summed E-state index contributed by atoms with van der Waals surface area (Å²) in [5.41, 5.74) is 1.17. The first kappa shape index (κ1) is 23.6. The SMILES string of the molecule is COc1ccc(S(=O)(=O)NC[C@H]2O[C@@H](CO)[C@@H](O)[C@@H]2N(C)CCc2ccccc2)cc1. The van der Waals surface area contributed by atoms with Gasteiger partial charge in [-0.05, 0) is 43.3 Å². The van der Waals surface area contributed by atoms with Gasteiger partial charge in [-0.3, -0.25) is 4.90 Å². The highest BCUT2D eigenvalue weighted by molar-refractivity contribution is 7.89. The first-order chi connectivity index (χ1) is 14.9. The maximum absolute atomic E-state index is 12.7. The van der Waals surface area contributed by atoms with Crippen LogP contribution in [-0.4, -0.2) is 81.7 Å². The number of aliphatic hydroxyl groups excluding tert-OH is 2. The molecule has 1 saturated heterocycles. The molecule has 0 aromatic heterocycles. The Morgan fingerprint density at radius 2 is 1.77 bits per heavy atom. The average Bonchev–Trinajstić information content (AvgIpc) is 3.12. The highest BCUT2D eigenvalue weighted by Crippen LogP contribution is 2.26. The molecule has 1 aliphatic rings. The van der Waals surface area contributed by atoms with E-state index >= 15 is 0 Å². The summed E-state index contributed by atoms with van der Waals surface area (Å²) in [6, 6.07) is 15.6. The third-order valence-corrected chi connectivity index (χ3v) is 7.03. The molecule has 0 radical (unpaired) electrons. The molecule has 0 unspecified atom stereocenters. The number of nitrogens with one attached hydrogen (secondary N) is 1.